The fourth-order valence-corrected chi connectivity index (χ4v) is 0.847. The van der Waals surface area contributed by atoms with Crippen molar-refractivity contribution in [3.63, 3.8) is 0 Å². The molecule has 0 aromatic rings. The second-order valence-electron chi connectivity index (χ2n) is 1.18. The Bertz CT molecular complexity index is 107. The largest absolute Gasteiger partial charge is 0.309 e. The summed E-state index contributed by atoms with van der Waals surface area (Å²) in [6, 6.07) is 0. The minimum absolute atomic E-state index is 0.896. The Morgan fingerprint density at radius 2 is 2.12 bits per heavy atom. The molecule has 0 radical (unpaired) electrons. The zero-order valence-corrected chi connectivity index (χ0v) is 6.65. The summed E-state index contributed by atoms with van der Waals surface area (Å²) in [6.45, 7) is 1.58. The van der Waals surface area contributed by atoms with Crippen LogP contribution in [0.4, 0.5) is 8.78 Å². The Morgan fingerprint density at radius 1 is 1.62 bits per heavy atom. The number of hydrogen-bond donors (Lipinski definition) is 0. The molecule has 0 heterocycles. The first-order valence-electron chi connectivity index (χ1n) is 2.03. The van der Waals surface area contributed by atoms with Gasteiger partial charge < -0.3 is 0 Å². The Balaban J connectivity index is 3.90. The highest BCUT2D eigenvalue weighted by molar-refractivity contribution is 14.2. The van der Waals surface area contributed by atoms with Gasteiger partial charge in [-0.25, -0.2) is 0 Å². The molecule has 0 saturated heterocycles. The van der Waals surface area contributed by atoms with Gasteiger partial charge in [0.1, 0.15) is 0 Å². The van der Waals surface area contributed by atoms with Crippen LogP contribution in [0.15, 0.2) is 12.2 Å². The van der Waals surface area contributed by atoms with Gasteiger partial charge in [-0.2, -0.15) is 8.78 Å². The predicted octanol–water partition coefficient (Wildman–Crippen LogP) is 2.56. The molecule has 0 fully saturated rings. The van der Waals surface area contributed by atoms with Gasteiger partial charge in [0, 0.05) is 0 Å². The maximum Gasteiger partial charge on any atom is 0.309 e. The van der Waals surface area contributed by atoms with E-state index in [2.05, 4.69) is 4.51 Å². The van der Waals surface area contributed by atoms with Gasteiger partial charge in [0.25, 0.3) is 0 Å². The highest BCUT2D eigenvalue weighted by Crippen LogP contribution is 2.27. The van der Waals surface area contributed by atoms with Crippen molar-refractivity contribution in [2.45, 2.75) is 10.9 Å². The first-order valence-corrected chi connectivity index (χ1v) is 4.64. The molecule has 0 N–H and O–H groups in total. The fourth-order valence-electron chi connectivity index (χ4n) is 0.234. The van der Waals surface area contributed by atoms with Crippen molar-refractivity contribution in [2.75, 3.05) is 0 Å². The van der Waals surface area contributed by atoms with E-state index in [1.807, 2.05) is 0 Å². The summed E-state index contributed by atoms with van der Waals surface area (Å²) in [5.41, 5.74) is 0. The zero-order chi connectivity index (χ0) is 6.62. The van der Waals surface area contributed by atoms with Crippen molar-refractivity contribution in [2.24, 2.45) is 0 Å². The van der Waals surface area contributed by atoms with Crippen LogP contribution >= 0.6 is 20.7 Å². The number of allylic oxidation sites excluding steroid dienone is 2. The van der Waals surface area contributed by atoms with Crippen molar-refractivity contribution in [1.82, 2.24) is 0 Å². The molecular formula is C5H7F2I. The second-order valence-corrected chi connectivity index (χ2v) is 3.38. The van der Waals surface area contributed by atoms with Gasteiger partial charge >= 0.3 is 3.93 Å². The van der Waals surface area contributed by atoms with E-state index >= 15 is 0 Å². The summed E-state index contributed by atoms with van der Waals surface area (Å²) < 4.78 is 24.7. The van der Waals surface area contributed by atoms with Crippen LogP contribution in [0.5, 0.6) is 0 Å². The van der Waals surface area contributed by atoms with Crippen LogP contribution in [0.2, 0.25) is 0 Å². The molecule has 48 valence electrons. The van der Waals surface area contributed by atoms with Crippen molar-refractivity contribution < 1.29 is 8.78 Å². The van der Waals surface area contributed by atoms with Crippen molar-refractivity contribution in [3.05, 3.63) is 12.2 Å². The van der Waals surface area contributed by atoms with E-state index in [1.54, 1.807) is 6.92 Å². The third kappa shape index (κ3) is 3.23. The Hall–Kier alpha value is 0.200. The SMILES string of the molecule is C=IC(F)(F)/C=C/C. The van der Waals surface area contributed by atoms with Crippen LogP contribution in [0.3, 0.4) is 0 Å². The average molecular weight is 232 g/mol. The molecule has 0 aliphatic rings. The molecule has 0 bridgehead atoms. The minimum atomic E-state index is -2.59. The molecule has 0 unspecified atom stereocenters. The van der Waals surface area contributed by atoms with E-state index in [1.165, 1.54) is 6.08 Å². The monoisotopic (exact) mass is 232 g/mol. The maximum absolute atomic E-state index is 12.1. The highest BCUT2D eigenvalue weighted by Gasteiger charge is 2.18. The summed E-state index contributed by atoms with van der Waals surface area (Å²) in [6.07, 6.45) is 2.25. The van der Waals surface area contributed by atoms with Gasteiger partial charge in [-0.15, -0.1) is 0 Å². The molecule has 0 aromatic heterocycles. The van der Waals surface area contributed by atoms with Gasteiger partial charge in [-0.3, -0.25) is 0 Å². The zero-order valence-electron chi connectivity index (χ0n) is 4.50. The summed E-state index contributed by atoms with van der Waals surface area (Å²) in [4.78, 5) is 0. The van der Waals surface area contributed by atoms with Gasteiger partial charge in [0.05, 0.1) is 0 Å². The summed E-state index contributed by atoms with van der Waals surface area (Å²) in [5, 5.41) is 0. The van der Waals surface area contributed by atoms with Gasteiger partial charge in [0.15, 0.2) is 0 Å². The number of halogens is 3. The number of rotatable bonds is 2. The Morgan fingerprint density at radius 3 is 2.25 bits per heavy atom. The van der Waals surface area contributed by atoms with Gasteiger partial charge in [-0.1, -0.05) is 10.6 Å². The predicted molar refractivity (Wildman–Crippen MR) is 40.9 cm³/mol. The first-order chi connectivity index (χ1) is 3.62. The molecule has 0 amide bonds. The minimum Gasteiger partial charge on any atom is -0.191 e. The molecule has 3 heteroatoms. The van der Waals surface area contributed by atoms with E-state index in [4.69, 9.17) is 0 Å². The lowest BCUT2D eigenvalue weighted by Crippen LogP contribution is -1.97. The molecule has 0 rings (SSSR count). The quantitative estimate of drug-likeness (QED) is 0.390. The topological polar surface area (TPSA) is 0 Å². The molecule has 0 aromatic carbocycles. The van der Waals surface area contributed by atoms with E-state index in [-0.39, 0.29) is 0 Å². The lowest BCUT2D eigenvalue weighted by molar-refractivity contribution is 0.183. The van der Waals surface area contributed by atoms with Crippen LogP contribution in [0, 0.1) is 0 Å². The molecule has 0 aliphatic carbocycles. The molecule has 0 spiro atoms. The summed E-state index contributed by atoms with van der Waals surface area (Å²) in [5.74, 6) is 0. The molecule has 0 saturated carbocycles. The summed E-state index contributed by atoms with van der Waals surface area (Å²) >= 11 is -1.22. The average Bonchev–Trinajstić information content (AvgIpc) is 1.67. The molecular weight excluding hydrogens is 225 g/mol. The normalized spacial score (nSPS) is 12.9. The lowest BCUT2D eigenvalue weighted by Gasteiger charge is -2.00. The fraction of sp³-hybridized carbons (Fsp3) is 0.400. The van der Waals surface area contributed by atoms with Crippen LogP contribution in [-0.2, 0) is 0 Å². The van der Waals surface area contributed by atoms with Gasteiger partial charge in [-0.05, 0) is 33.7 Å². The van der Waals surface area contributed by atoms with Gasteiger partial charge in [0.2, 0.25) is 0 Å². The van der Waals surface area contributed by atoms with Crippen LogP contribution in [0.1, 0.15) is 6.92 Å². The first kappa shape index (κ1) is 8.20. The smallest absolute Gasteiger partial charge is 0.191 e. The molecule has 8 heavy (non-hydrogen) atoms. The van der Waals surface area contributed by atoms with E-state index in [0.29, 0.717) is 0 Å². The van der Waals surface area contributed by atoms with Crippen LogP contribution < -0.4 is 0 Å². The molecule has 0 nitrogen and oxygen atoms in total. The second kappa shape index (κ2) is 3.27. The standard InChI is InChI=1S/C5H7F2I/c1-3-4-5(6,7)8-2/h3-4H,2H2,1H3/b4-3+. The van der Waals surface area contributed by atoms with E-state index < -0.39 is 24.7 Å². The molecule has 0 aliphatic heterocycles. The third-order valence-electron chi connectivity index (χ3n) is 0.534. The van der Waals surface area contributed by atoms with Crippen LogP contribution in [0.25, 0.3) is 0 Å². The van der Waals surface area contributed by atoms with Crippen LogP contribution in [-0.4, -0.2) is 8.44 Å². The van der Waals surface area contributed by atoms with Crippen molar-refractivity contribution in [3.8, 4) is 0 Å². The lowest BCUT2D eigenvalue weighted by atomic mass is 10.5. The highest BCUT2D eigenvalue weighted by atomic mass is 127. The van der Waals surface area contributed by atoms with Crippen molar-refractivity contribution >= 4 is 25.2 Å². The Kier molecular flexibility index (Phi) is 3.35. The van der Waals surface area contributed by atoms with Crippen molar-refractivity contribution in [1.29, 1.82) is 0 Å². The summed E-state index contributed by atoms with van der Waals surface area (Å²) in [7, 11) is 0. The third-order valence-corrected chi connectivity index (χ3v) is 1.91. The maximum atomic E-state index is 12.1. The number of alkyl halides is 3. The Labute approximate surface area is 57.3 Å². The molecule has 0 atom stereocenters. The van der Waals surface area contributed by atoms with E-state index in [9.17, 15) is 8.78 Å². The number of hydrogen-bond acceptors (Lipinski definition) is 0. The van der Waals surface area contributed by atoms with E-state index in [0.717, 1.165) is 6.08 Å².